The highest BCUT2D eigenvalue weighted by atomic mass is 79.9. The van der Waals surface area contributed by atoms with Crippen molar-refractivity contribution < 1.29 is 4.79 Å². The number of aromatic nitrogens is 1. The summed E-state index contributed by atoms with van der Waals surface area (Å²) in [6.45, 7) is 1.51. The van der Waals surface area contributed by atoms with Crippen LogP contribution in [0.2, 0.25) is 5.02 Å². The zero-order valence-corrected chi connectivity index (χ0v) is 11.5. The van der Waals surface area contributed by atoms with Crippen LogP contribution in [0.25, 0.3) is 10.6 Å². The molecule has 0 saturated heterocycles. The fraction of sp³-hybridized carbons (Fsp3) is 0.0909. The summed E-state index contributed by atoms with van der Waals surface area (Å²) in [5.41, 5.74) is 1.40. The maximum atomic E-state index is 11.1. The van der Waals surface area contributed by atoms with Crippen LogP contribution in [0.1, 0.15) is 17.4 Å². The van der Waals surface area contributed by atoms with Gasteiger partial charge in [0.1, 0.15) is 10.7 Å². The summed E-state index contributed by atoms with van der Waals surface area (Å²) in [5, 5.41) is 3.20. The normalized spacial score (nSPS) is 10.4. The average Bonchev–Trinajstić information content (AvgIpc) is 2.70. The van der Waals surface area contributed by atoms with E-state index in [4.69, 9.17) is 11.6 Å². The number of benzene rings is 1. The molecule has 1 aromatic carbocycles. The molecular formula is C11H7BrClNOS. The number of ketones is 1. The molecule has 0 aliphatic rings. The molecule has 0 amide bonds. The maximum absolute atomic E-state index is 11.1. The summed E-state index contributed by atoms with van der Waals surface area (Å²) in [5.74, 6) is -0.0272. The number of thiazole rings is 1. The van der Waals surface area contributed by atoms with Gasteiger partial charge in [-0.05, 0) is 18.2 Å². The van der Waals surface area contributed by atoms with Gasteiger partial charge >= 0.3 is 0 Å². The Bertz CT molecular complexity index is 553. The van der Waals surface area contributed by atoms with Gasteiger partial charge in [0, 0.05) is 27.4 Å². The second-order valence-corrected chi connectivity index (χ2v) is 5.37. The van der Waals surface area contributed by atoms with Gasteiger partial charge in [0.15, 0.2) is 5.78 Å². The number of halogens is 2. The lowest BCUT2D eigenvalue weighted by Gasteiger charge is -2.00. The predicted octanol–water partition coefficient (Wildman–Crippen LogP) is 4.43. The minimum Gasteiger partial charge on any atom is -0.293 e. The van der Waals surface area contributed by atoms with Crippen LogP contribution in [0.15, 0.2) is 28.1 Å². The molecule has 0 aliphatic heterocycles. The number of carbonyl (C=O) groups is 1. The van der Waals surface area contributed by atoms with Crippen LogP contribution in [0, 0.1) is 0 Å². The smallest absolute Gasteiger partial charge is 0.178 e. The molecule has 0 unspecified atom stereocenters. The number of rotatable bonds is 2. The van der Waals surface area contributed by atoms with Crippen LogP contribution in [-0.2, 0) is 0 Å². The number of hydrogen-bond donors (Lipinski definition) is 0. The number of hydrogen-bond acceptors (Lipinski definition) is 3. The first-order valence-electron chi connectivity index (χ1n) is 4.50. The largest absolute Gasteiger partial charge is 0.293 e. The van der Waals surface area contributed by atoms with Crippen LogP contribution in [0.4, 0.5) is 0 Å². The average molecular weight is 317 g/mol. The van der Waals surface area contributed by atoms with Crippen LogP contribution in [0.5, 0.6) is 0 Å². The fourth-order valence-corrected chi connectivity index (χ4v) is 2.85. The van der Waals surface area contributed by atoms with Crippen molar-refractivity contribution in [2.75, 3.05) is 0 Å². The first kappa shape index (κ1) is 11.8. The van der Waals surface area contributed by atoms with Crippen molar-refractivity contribution in [2.24, 2.45) is 0 Å². The van der Waals surface area contributed by atoms with Crippen molar-refractivity contribution in [2.45, 2.75) is 6.92 Å². The minimum absolute atomic E-state index is 0.0272. The Hall–Kier alpha value is -0.710. The molecule has 0 N–H and O–H groups in total. The lowest BCUT2D eigenvalue weighted by atomic mass is 10.2. The van der Waals surface area contributed by atoms with Crippen molar-refractivity contribution in [3.8, 4) is 10.6 Å². The lowest BCUT2D eigenvalue weighted by Crippen LogP contribution is -1.91. The van der Waals surface area contributed by atoms with Gasteiger partial charge in [-0.3, -0.25) is 4.79 Å². The Morgan fingerprint density at radius 2 is 2.25 bits per heavy atom. The first-order valence-corrected chi connectivity index (χ1v) is 6.55. The second-order valence-electron chi connectivity index (χ2n) is 3.22. The highest BCUT2D eigenvalue weighted by Crippen LogP contribution is 2.32. The molecule has 1 heterocycles. The van der Waals surface area contributed by atoms with Crippen molar-refractivity contribution in [3.05, 3.63) is 38.8 Å². The van der Waals surface area contributed by atoms with E-state index in [1.165, 1.54) is 18.3 Å². The van der Waals surface area contributed by atoms with Crippen molar-refractivity contribution in [3.63, 3.8) is 0 Å². The molecule has 0 saturated carbocycles. The van der Waals surface area contributed by atoms with Crippen LogP contribution in [0.3, 0.4) is 0 Å². The van der Waals surface area contributed by atoms with Crippen LogP contribution >= 0.6 is 38.9 Å². The van der Waals surface area contributed by atoms with E-state index in [0.717, 1.165) is 15.0 Å². The number of carbonyl (C=O) groups excluding carboxylic acids is 1. The molecule has 5 heteroatoms. The van der Waals surface area contributed by atoms with Crippen molar-refractivity contribution in [1.82, 2.24) is 4.98 Å². The van der Waals surface area contributed by atoms with E-state index in [2.05, 4.69) is 20.9 Å². The summed E-state index contributed by atoms with van der Waals surface area (Å²) in [7, 11) is 0. The van der Waals surface area contributed by atoms with Gasteiger partial charge in [0.05, 0.1) is 0 Å². The number of Topliss-reactive ketones (excluding diaryl/α,β-unsaturated/α-hetero) is 1. The molecule has 2 aromatic rings. The van der Waals surface area contributed by atoms with Gasteiger partial charge in [-0.25, -0.2) is 4.98 Å². The van der Waals surface area contributed by atoms with E-state index in [1.807, 2.05) is 12.1 Å². The Morgan fingerprint density at radius 3 is 2.88 bits per heavy atom. The topological polar surface area (TPSA) is 30.0 Å². The van der Waals surface area contributed by atoms with E-state index >= 15 is 0 Å². The monoisotopic (exact) mass is 315 g/mol. The van der Waals surface area contributed by atoms with E-state index in [-0.39, 0.29) is 5.78 Å². The molecule has 0 bridgehead atoms. The standard InChI is InChI=1S/C11H7BrClNOS/c1-6(15)10-5-16-11(14-10)8-4-7(13)2-3-9(8)12/h2-5H,1H3. The molecule has 1 aromatic heterocycles. The molecule has 0 spiro atoms. The predicted molar refractivity (Wildman–Crippen MR) is 70.3 cm³/mol. The minimum atomic E-state index is -0.0272. The molecule has 0 aliphatic carbocycles. The van der Waals surface area contributed by atoms with Gasteiger partial charge in [0.25, 0.3) is 0 Å². The Morgan fingerprint density at radius 1 is 1.50 bits per heavy atom. The summed E-state index contributed by atoms with van der Waals surface area (Å²) >= 11 is 10.8. The second kappa shape index (κ2) is 4.65. The third-order valence-electron chi connectivity index (χ3n) is 2.02. The van der Waals surface area contributed by atoms with Crippen LogP contribution in [-0.4, -0.2) is 10.8 Å². The third-order valence-corrected chi connectivity index (χ3v) is 3.83. The molecule has 16 heavy (non-hydrogen) atoms. The molecule has 2 nitrogen and oxygen atoms in total. The SMILES string of the molecule is CC(=O)c1csc(-c2cc(Cl)ccc2Br)n1. The highest BCUT2D eigenvalue weighted by Gasteiger charge is 2.10. The maximum Gasteiger partial charge on any atom is 0.178 e. The van der Waals surface area contributed by atoms with E-state index in [0.29, 0.717) is 10.7 Å². The van der Waals surface area contributed by atoms with E-state index < -0.39 is 0 Å². The third kappa shape index (κ3) is 2.34. The Balaban J connectivity index is 2.50. The van der Waals surface area contributed by atoms with Gasteiger partial charge in [-0.15, -0.1) is 11.3 Å². The Labute approximate surface area is 110 Å². The number of nitrogens with zero attached hydrogens (tertiary/aromatic N) is 1. The summed E-state index contributed by atoms with van der Waals surface area (Å²) in [6, 6.07) is 5.50. The van der Waals surface area contributed by atoms with E-state index in [9.17, 15) is 4.79 Å². The molecule has 0 fully saturated rings. The quantitative estimate of drug-likeness (QED) is 0.767. The molecule has 0 atom stereocenters. The Kier molecular flexibility index (Phi) is 3.42. The molecule has 82 valence electrons. The lowest BCUT2D eigenvalue weighted by molar-refractivity contribution is 0.101. The summed E-state index contributed by atoms with van der Waals surface area (Å²) < 4.78 is 0.918. The molecular weight excluding hydrogens is 310 g/mol. The highest BCUT2D eigenvalue weighted by molar-refractivity contribution is 9.10. The van der Waals surface area contributed by atoms with Gasteiger partial charge in [-0.1, -0.05) is 27.5 Å². The van der Waals surface area contributed by atoms with E-state index in [1.54, 1.807) is 11.4 Å². The van der Waals surface area contributed by atoms with Crippen LogP contribution < -0.4 is 0 Å². The zero-order chi connectivity index (χ0) is 11.7. The first-order chi connectivity index (χ1) is 7.58. The zero-order valence-electron chi connectivity index (χ0n) is 8.33. The summed E-state index contributed by atoms with van der Waals surface area (Å²) in [6.07, 6.45) is 0. The molecule has 0 radical (unpaired) electrons. The van der Waals surface area contributed by atoms with Gasteiger partial charge < -0.3 is 0 Å². The fourth-order valence-electron chi connectivity index (χ4n) is 1.22. The molecule has 2 rings (SSSR count). The summed E-state index contributed by atoms with van der Waals surface area (Å²) in [4.78, 5) is 15.4. The van der Waals surface area contributed by atoms with Gasteiger partial charge in [-0.2, -0.15) is 0 Å². The van der Waals surface area contributed by atoms with Gasteiger partial charge in [0.2, 0.25) is 0 Å². The van der Waals surface area contributed by atoms with Crippen molar-refractivity contribution >= 4 is 44.7 Å². The van der Waals surface area contributed by atoms with Crippen molar-refractivity contribution in [1.29, 1.82) is 0 Å².